The van der Waals surface area contributed by atoms with Crippen LogP contribution in [0.2, 0.25) is 0 Å². The average molecular weight is 313 g/mol. The number of carboxylic acids is 1. The van der Waals surface area contributed by atoms with Gasteiger partial charge in [-0.3, -0.25) is 4.79 Å². The minimum atomic E-state index is -1.40. The first-order chi connectivity index (χ1) is 10.9. The molecule has 2 aromatic rings. The molecule has 0 bridgehead atoms. The molecule has 0 spiro atoms. The van der Waals surface area contributed by atoms with Crippen LogP contribution in [0.25, 0.3) is 0 Å². The molecular weight excluding hydrogens is 294 g/mol. The van der Waals surface area contributed by atoms with E-state index in [1.165, 1.54) is 6.92 Å². The van der Waals surface area contributed by atoms with Crippen molar-refractivity contribution in [3.8, 4) is 5.75 Å². The Kier molecular flexibility index (Phi) is 5.01. The zero-order valence-corrected chi connectivity index (χ0v) is 13.1. The lowest BCUT2D eigenvalue weighted by atomic mass is 9.92. The van der Waals surface area contributed by atoms with E-state index in [-0.39, 0.29) is 6.42 Å². The van der Waals surface area contributed by atoms with Crippen LogP contribution in [0.1, 0.15) is 22.8 Å². The van der Waals surface area contributed by atoms with Gasteiger partial charge < -0.3 is 15.2 Å². The number of aliphatic carboxylic acids is 1. The van der Waals surface area contributed by atoms with Crippen molar-refractivity contribution < 1.29 is 19.4 Å². The van der Waals surface area contributed by atoms with Crippen LogP contribution in [0.15, 0.2) is 54.6 Å². The largest absolute Gasteiger partial charge is 0.497 e. The third kappa shape index (κ3) is 4.10. The van der Waals surface area contributed by atoms with Crippen molar-refractivity contribution in [2.75, 3.05) is 7.11 Å². The van der Waals surface area contributed by atoms with Crippen LogP contribution >= 0.6 is 0 Å². The number of ether oxygens (including phenoxy) is 1. The highest BCUT2D eigenvalue weighted by Gasteiger charge is 2.35. The Bertz CT molecular complexity index is 682. The molecule has 1 atom stereocenters. The molecule has 120 valence electrons. The number of benzene rings is 2. The first-order valence-electron chi connectivity index (χ1n) is 7.18. The monoisotopic (exact) mass is 313 g/mol. The first-order valence-corrected chi connectivity index (χ1v) is 7.18. The fraction of sp³-hybridized carbons (Fsp3) is 0.222. The van der Waals surface area contributed by atoms with Gasteiger partial charge in [-0.25, -0.2) is 4.79 Å². The van der Waals surface area contributed by atoms with Gasteiger partial charge in [-0.15, -0.1) is 0 Å². The van der Waals surface area contributed by atoms with Crippen molar-refractivity contribution in [2.24, 2.45) is 0 Å². The second kappa shape index (κ2) is 6.96. The zero-order chi connectivity index (χ0) is 16.9. The molecule has 0 aliphatic carbocycles. The van der Waals surface area contributed by atoms with Crippen LogP contribution in [0.3, 0.4) is 0 Å². The topological polar surface area (TPSA) is 75.6 Å². The van der Waals surface area contributed by atoms with Gasteiger partial charge in [0.05, 0.1) is 7.11 Å². The Morgan fingerprint density at radius 1 is 1.09 bits per heavy atom. The molecule has 0 saturated heterocycles. The fourth-order valence-electron chi connectivity index (χ4n) is 2.24. The summed E-state index contributed by atoms with van der Waals surface area (Å²) in [6.07, 6.45) is 0.172. The van der Waals surface area contributed by atoms with Crippen molar-refractivity contribution >= 4 is 11.9 Å². The number of rotatable bonds is 6. The number of hydrogen-bond donors (Lipinski definition) is 2. The normalized spacial score (nSPS) is 13.0. The maximum Gasteiger partial charge on any atom is 0.329 e. The van der Waals surface area contributed by atoms with Crippen molar-refractivity contribution in [2.45, 2.75) is 18.9 Å². The van der Waals surface area contributed by atoms with Gasteiger partial charge in [0.2, 0.25) is 0 Å². The lowest BCUT2D eigenvalue weighted by molar-refractivity contribution is -0.143. The van der Waals surface area contributed by atoms with Gasteiger partial charge in [-0.05, 0) is 36.8 Å². The van der Waals surface area contributed by atoms with Crippen LogP contribution in [0.5, 0.6) is 5.75 Å². The van der Waals surface area contributed by atoms with Gasteiger partial charge >= 0.3 is 5.97 Å². The van der Waals surface area contributed by atoms with Gasteiger partial charge in [0.15, 0.2) is 0 Å². The maximum atomic E-state index is 12.3. The number of carboxylic acid groups (broad SMARTS) is 1. The van der Waals surface area contributed by atoms with E-state index in [2.05, 4.69) is 5.32 Å². The lowest BCUT2D eigenvalue weighted by Gasteiger charge is -2.26. The van der Waals surface area contributed by atoms with Gasteiger partial charge in [-0.2, -0.15) is 0 Å². The molecule has 5 nitrogen and oxygen atoms in total. The maximum absolute atomic E-state index is 12.3. The molecule has 0 heterocycles. The van der Waals surface area contributed by atoms with E-state index in [4.69, 9.17) is 4.74 Å². The summed E-state index contributed by atoms with van der Waals surface area (Å²) in [6.45, 7) is 1.50. The number of carbonyl (C=O) groups excluding carboxylic acids is 1. The molecule has 1 amide bonds. The lowest BCUT2D eigenvalue weighted by Crippen LogP contribution is -2.53. The minimum Gasteiger partial charge on any atom is -0.497 e. The number of hydrogen-bond acceptors (Lipinski definition) is 3. The molecule has 2 N–H and O–H groups in total. The summed E-state index contributed by atoms with van der Waals surface area (Å²) < 4.78 is 5.08. The van der Waals surface area contributed by atoms with Crippen LogP contribution in [-0.2, 0) is 11.2 Å². The molecule has 0 fully saturated rings. The first kappa shape index (κ1) is 16.5. The second-order valence-electron chi connectivity index (χ2n) is 5.48. The Balaban J connectivity index is 2.18. The van der Waals surface area contributed by atoms with Crippen LogP contribution in [0, 0.1) is 0 Å². The van der Waals surface area contributed by atoms with E-state index in [1.54, 1.807) is 61.7 Å². The molecule has 0 aliphatic rings. The highest BCUT2D eigenvalue weighted by molar-refractivity contribution is 5.97. The van der Waals surface area contributed by atoms with Gasteiger partial charge in [-0.1, -0.05) is 30.3 Å². The Morgan fingerprint density at radius 3 is 2.22 bits per heavy atom. The predicted octanol–water partition coefficient (Wildman–Crippen LogP) is 2.51. The van der Waals surface area contributed by atoms with Crippen LogP contribution < -0.4 is 10.1 Å². The average Bonchev–Trinajstić information content (AvgIpc) is 2.56. The molecule has 0 aromatic heterocycles. The molecule has 23 heavy (non-hydrogen) atoms. The molecule has 0 radical (unpaired) electrons. The van der Waals surface area contributed by atoms with Crippen molar-refractivity contribution in [3.05, 3.63) is 65.7 Å². The molecule has 0 saturated carbocycles. The molecular formula is C18H19NO4. The van der Waals surface area contributed by atoms with E-state index in [1.807, 2.05) is 0 Å². The highest BCUT2D eigenvalue weighted by Crippen LogP contribution is 2.18. The summed E-state index contributed by atoms with van der Waals surface area (Å²) in [4.78, 5) is 23.9. The summed E-state index contributed by atoms with van der Waals surface area (Å²) in [6, 6.07) is 15.6. The Hall–Kier alpha value is -2.82. The van der Waals surface area contributed by atoms with E-state index in [0.717, 1.165) is 5.56 Å². The van der Waals surface area contributed by atoms with Crippen LogP contribution in [-0.4, -0.2) is 29.6 Å². The van der Waals surface area contributed by atoms with Gasteiger partial charge in [0.1, 0.15) is 11.3 Å². The summed E-state index contributed by atoms with van der Waals surface area (Å²) in [5.41, 5.74) is -0.180. The van der Waals surface area contributed by atoms with Gasteiger partial charge in [0, 0.05) is 12.0 Å². The quantitative estimate of drug-likeness (QED) is 0.859. The SMILES string of the molecule is COc1ccc(C[C@@](C)(NC(=O)c2ccccc2)C(=O)O)cc1. The second-order valence-corrected chi connectivity index (χ2v) is 5.48. The van der Waals surface area contributed by atoms with E-state index < -0.39 is 17.4 Å². The standard InChI is InChI=1S/C18H19NO4/c1-18(17(21)22,12-13-8-10-15(23-2)11-9-13)19-16(20)14-6-4-3-5-7-14/h3-11H,12H2,1-2H3,(H,19,20)(H,21,22)/t18-/m1/s1. The molecule has 5 heteroatoms. The Labute approximate surface area is 134 Å². The molecule has 0 aliphatic heterocycles. The molecule has 2 rings (SSSR count). The van der Waals surface area contributed by atoms with E-state index in [9.17, 15) is 14.7 Å². The van der Waals surface area contributed by atoms with Crippen molar-refractivity contribution in [3.63, 3.8) is 0 Å². The summed E-state index contributed by atoms with van der Waals surface area (Å²) >= 11 is 0. The summed E-state index contributed by atoms with van der Waals surface area (Å²) in [5.74, 6) is -0.805. The van der Waals surface area contributed by atoms with Crippen molar-refractivity contribution in [1.29, 1.82) is 0 Å². The number of amides is 1. The van der Waals surface area contributed by atoms with E-state index >= 15 is 0 Å². The molecule has 2 aromatic carbocycles. The summed E-state index contributed by atoms with van der Waals surface area (Å²) in [5, 5.41) is 12.2. The number of methoxy groups -OCH3 is 1. The minimum absolute atomic E-state index is 0.172. The summed E-state index contributed by atoms with van der Waals surface area (Å²) in [7, 11) is 1.57. The highest BCUT2D eigenvalue weighted by atomic mass is 16.5. The van der Waals surface area contributed by atoms with Crippen molar-refractivity contribution in [1.82, 2.24) is 5.32 Å². The third-order valence-corrected chi connectivity index (χ3v) is 3.61. The fourth-order valence-corrected chi connectivity index (χ4v) is 2.24. The predicted molar refractivity (Wildman–Crippen MR) is 86.6 cm³/mol. The zero-order valence-electron chi connectivity index (χ0n) is 13.1. The Morgan fingerprint density at radius 2 is 1.70 bits per heavy atom. The number of carbonyl (C=O) groups is 2. The van der Waals surface area contributed by atoms with E-state index in [0.29, 0.717) is 11.3 Å². The van der Waals surface area contributed by atoms with Gasteiger partial charge in [0.25, 0.3) is 5.91 Å². The van der Waals surface area contributed by atoms with Crippen LogP contribution in [0.4, 0.5) is 0 Å². The third-order valence-electron chi connectivity index (χ3n) is 3.61. The number of nitrogens with one attached hydrogen (secondary N) is 1. The smallest absolute Gasteiger partial charge is 0.329 e. The molecule has 0 unspecified atom stereocenters.